The Morgan fingerprint density at radius 1 is 1.09 bits per heavy atom. The van der Waals surface area contributed by atoms with Crippen LogP contribution in [0.25, 0.3) is 10.1 Å². The fourth-order valence-electron chi connectivity index (χ4n) is 5.48. The minimum absolute atomic E-state index is 0.300. The molecule has 6 rings (SSSR count). The quantitative estimate of drug-likeness (QED) is 0.754. The summed E-state index contributed by atoms with van der Waals surface area (Å²) in [5.74, 6) is 3.06. The molecule has 23 heavy (non-hydrogen) atoms. The summed E-state index contributed by atoms with van der Waals surface area (Å²) in [6.07, 6.45) is 9.50. The number of fused-ring (bicyclic) bond motifs is 1. The molecule has 0 spiro atoms. The zero-order valence-corrected chi connectivity index (χ0v) is 14.6. The lowest BCUT2D eigenvalue weighted by atomic mass is 9.53. The van der Waals surface area contributed by atoms with E-state index < -0.39 is 0 Å². The Hall–Kier alpha value is -1.19. The van der Waals surface area contributed by atoms with E-state index in [1.807, 2.05) is 31.2 Å². The van der Waals surface area contributed by atoms with Gasteiger partial charge in [0.05, 0.1) is 4.88 Å². The maximum absolute atomic E-state index is 10.6. The molecule has 122 valence electrons. The molecule has 2 aromatic rings. The van der Waals surface area contributed by atoms with Crippen LogP contribution in [0.1, 0.15) is 53.8 Å². The van der Waals surface area contributed by atoms with E-state index >= 15 is 0 Å². The van der Waals surface area contributed by atoms with E-state index in [1.165, 1.54) is 48.6 Å². The molecule has 1 aromatic carbocycles. The number of hydrogen-bond acceptors (Lipinski definition) is 3. The van der Waals surface area contributed by atoms with Crippen LogP contribution in [0.15, 0.2) is 24.3 Å². The van der Waals surface area contributed by atoms with Crippen LogP contribution in [-0.2, 0) is 0 Å². The second kappa shape index (κ2) is 5.71. The summed E-state index contributed by atoms with van der Waals surface area (Å²) in [5, 5.41) is 1.20. The van der Waals surface area contributed by atoms with Gasteiger partial charge in [0.25, 0.3) is 0 Å². The number of benzene rings is 1. The Labute approximate surface area is 142 Å². The molecule has 3 heteroatoms. The summed E-state index contributed by atoms with van der Waals surface area (Å²) in [6.45, 7) is 1.99. The highest BCUT2D eigenvalue weighted by Crippen LogP contribution is 2.54. The third kappa shape index (κ3) is 2.85. The zero-order chi connectivity index (χ0) is 16.0. The van der Waals surface area contributed by atoms with Crippen LogP contribution in [0.4, 0.5) is 0 Å². The summed E-state index contributed by atoms with van der Waals surface area (Å²) in [7, 11) is 0. The molecule has 2 N–H and O–H groups in total. The van der Waals surface area contributed by atoms with Gasteiger partial charge in [-0.1, -0.05) is 18.2 Å². The topological polar surface area (TPSA) is 43.1 Å². The van der Waals surface area contributed by atoms with E-state index in [0.717, 1.165) is 34.5 Å². The lowest BCUT2D eigenvalue weighted by Gasteiger charge is -2.55. The summed E-state index contributed by atoms with van der Waals surface area (Å²) in [5.41, 5.74) is 7.72. The molecule has 0 aliphatic heterocycles. The summed E-state index contributed by atoms with van der Waals surface area (Å²) < 4.78 is 1.19. The normalized spacial score (nSPS) is 34.3. The Morgan fingerprint density at radius 2 is 1.65 bits per heavy atom. The van der Waals surface area contributed by atoms with Gasteiger partial charge < -0.3 is 5.73 Å². The largest absolute Gasteiger partial charge is 0.325 e. The standard InChI is InChI=1S/C10H17N.C10H8OS/c11-10-4-7-1-8(5-10)3-9(2-7)6-10;1-7-8-4-2-3-5-9(8)12-10(7)6-11/h7-9H,1-6,11H2;2-6H,1H3. The Balaban J connectivity index is 0.000000118. The number of rotatable bonds is 1. The van der Waals surface area contributed by atoms with Crippen molar-refractivity contribution >= 4 is 27.7 Å². The van der Waals surface area contributed by atoms with Crippen LogP contribution in [0, 0.1) is 24.7 Å². The third-order valence-corrected chi connectivity index (χ3v) is 7.27. The SMILES string of the molecule is Cc1c(C=O)sc2ccccc12.NC12CC3CC(CC(C3)C1)C2. The molecule has 0 unspecified atom stereocenters. The number of hydrogen-bond donors (Lipinski definition) is 1. The molecule has 4 bridgehead atoms. The van der Waals surface area contributed by atoms with Gasteiger partial charge in [0, 0.05) is 10.2 Å². The van der Waals surface area contributed by atoms with E-state index in [1.54, 1.807) is 11.3 Å². The van der Waals surface area contributed by atoms with Gasteiger partial charge in [0.1, 0.15) is 0 Å². The average molecular weight is 327 g/mol. The van der Waals surface area contributed by atoms with Gasteiger partial charge in [0.15, 0.2) is 6.29 Å². The van der Waals surface area contributed by atoms with Gasteiger partial charge in [-0.15, -0.1) is 11.3 Å². The zero-order valence-electron chi connectivity index (χ0n) is 13.8. The molecule has 4 aliphatic carbocycles. The maximum atomic E-state index is 10.6. The fourth-order valence-corrected chi connectivity index (χ4v) is 6.51. The van der Waals surface area contributed by atoms with E-state index in [4.69, 9.17) is 5.73 Å². The first-order valence-corrected chi connectivity index (χ1v) is 9.60. The van der Waals surface area contributed by atoms with Crippen molar-refractivity contribution in [3.8, 4) is 0 Å². The molecule has 0 saturated heterocycles. The number of aryl methyl sites for hydroxylation is 1. The molecule has 0 radical (unpaired) electrons. The lowest BCUT2D eigenvalue weighted by molar-refractivity contribution is 0.000364. The molecule has 0 amide bonds. The van der Waals surface area contributed by atoms with E-state index in [2.05, 4.69) is 0 Å². The summed E-state index contributed by atoms with van der Waals surface area (Å²) >= 11 is 1.56. The molecule has 0 atom stereocenters. The van der Waals surface area contributed by atoms with Gasteiger partial charge >= 0.3 is 0 Å². The highest BCUT2D eigenvalue weighted by atomic mass is 32.1. The number of thiophene rings is 1. The first-order valence-electron chi connectivity index (χ1n) is 8.78. The van der Waals surface area contributed by atoms with Crippen molar-refractivity contribution < 1.29 is 4.79 Å². The monoisotopic (exact) mass is 327 g/mol. The molecule has 4 aliphatic rings. The molecule has 1 heterocycles. The van der Waals surface area contributed by atoms with Crippen molar-refractivity contribution in [2.45, 2.75) is 51.0 Å². The number of aldehydes is 1. The number of carbonyl (C=O) groups is 1. The molecule has 4 fully saturated rings. The van der Waals surface area contributed by atoms with Crippen LogP contribution < -0.4 is 5.73 Å². The second-order valence-corrected chi connectivity index (χ2v) is 9.07. The predicted octanol–water partition coefficient (Wildman–Crippen LogP) is 4.94. The number of carbonyl (C=O) groups excluding carboxylic acids is 1. The Kier molecular flexibility index (Phi) is 3.81. The van der Waals surface area contributed by atoms with Crippen molar-refractivity contribution in [1.82, 2.24) is 0 Å². The summed E-state index contributed by atoms with van der Waals surface area (Å²) in [4.78, 5) is 11.5. The van der Waals surface area contributed by atoms with Gasteiger partial charge in [-0.3, -0.25) is 4.79 Å². The minimum atomic E-state index is 0.300. The third-order valence-electron chi connectivity index (χ3n) is 6.07. The predicted molar refractivity (Wildman–Crippen MR) is 97.0 cm³/mol. The maximum Gasteiger partial charge on any atom is 0.160 e. The van der Waals surface area contributed by atoms with Crippen molar-refractivity contribution in [1.29, 1.82) is 0 Å². The molecular weight excluding hydrogens is 302 g/mol. The van der Waals surface area contributed by atoms with E-state index in [-0.39, 0.29) is 0 Å². The first kappa shape index (κ1) is 15.3. The van der Waals surface area contributed by atoms with Crippen molar-refractivity contribution in [2.75, 3.05) is 0 Å². The minimum Gasteiger partial charge on any atom is -0.325 e. The van der Waals surface area contributed by atoms with E-state index in [0.29, 0.717) is 5.54 Å². The number of nitrogens with two attached hydrogens (primary N) is 1. The first-order chi connectivity index (χ1) is 11.1. The van der Waals surface area contributed by atoms with Gasteiger partial charge in [0.2, 0.25) is 0 Å². The van der Waals surface area contributed by atoms with Gasteiger partial charge in [-0.25, -0.2) is 0 Å². The van der Waals surface area contributed by atoms with Crippen LogP contribution >= 0.6 is 11.3 Å². The fraction of sp³-hybridized carbons (Fsp3) is 0.550. The van der Waals surface area contributed by atoms with Crippen LogP contribution in [0.2, 0.25) is 0 Å². The Morgan fingerprint density at radius 3 is 2.13 bits per heavy atom. The Bertz CT molecular complexity index is 697. The lowest BCUT2D eigenvalue weighted by Crippen LogP contribution is -2.55. The molecule has 4 saturated carbocycles. The molecule has 1 aromatic heterocycles. The van der Waals surface area contributed by atoms with Crippen LogP contribution in [0.3, 0.4) is 0 Å². The van der Waals surface area contributed by atoms with E-state index in [9.17, 15) is 4.79 Å². The van der Waals surface area contributed by atoms with Crippen molar-refractivity contribution in [3.63, 3.8) is 0 Å². The second-order valence-electron chi connectivity index (χ2n) is 7.99. The van der Waals surface area contributed by atoms with Crippen molar-refractivity contribution in [3.05, 3.63) is 34.7 Å². The molecule has 2 nitrogen and oxygen atoms in total. The smallest absolute Gasteiger partial charge is 0.160 e. The average Bonchev–Trinajstić information content (AvgIpc) is 2.82. The van der Waals surface area contributed by atoms with Gasteiger partial charge in [-0.2, -0.15) is 0 Å². The van der Waals surface area contributed by atoms with Gasteiger partial charge in [-0.05, 0) is 80.2 Å². The molecular formula is C20H25NOS. The van der Waals surface area contributed by atoms with Crippen LogP contribution in [-0.4, -0.2) is 11.8 Å². The highest BCUT2D eigenvalue weighted by molar-refractivity contribution is 7.20. The highest BCUT2D eigenvalue weighted by Gasteiger charge is 2.48. The summed E-state index contributed by atoms with van der Waals surface area (Å²) in [6, 6.07) is 8.08. The van der Waals surface area contributed by atoms with Crippen molar-refractivity contribution in [2.24, 2.45) is 23.5 Å². The van der Waals surface area contributed by atoms with Crippen LogP contribution in [0.5, 0.6) is 0 Å².